The molecule has 0 aliphatic rings. The van der Waals surface area contributed by atoms with Crippen molar-refractivity contribution in [3.8, 4) is 11.4 Å². The quantitative estimate of drug-likeness (QED) is 0.861. The Morgan fingerprint density at radius 3 is 2.78 bits per heavy atom. The Bertz CT molecular complexity index is 590. The van der Waals surface area contributed by atoms with Gasteiger partial charge in [-0.2, -0.15) is 0 Å². The van der Waals surface area contributed by atoms with Crippen molar-refractivity contribution >= 4 is 0 Å². The smallest absolute Gasteiger partial charge is 0.255 e. The summed E-state index contributed by atoms with van der Waals surface area (Å²) in [4.78, 5) is 19.1. The summed E-state index contributed by atoms with van der Waals surface area (Å²) in [6.07, 6.45) is 1.64. The molecule has 0 unspecified atom stereocenters. The molecule has 4 nitrogen and oxygen atoms in total. The topological polar surface area (TPSA) is 57.8 Å². The van der Waals surface area contributed by atoms with E-state index in [1.807, 2.05) is 38.1 Å². The Morgan fingerprint density at radius 1 is 1.33 bits per heavy atom. The predicted molar refractivity (Wildman–Crippen MR) is 72.4 cm³/mol. The number of rotatable bonds is 4. The maximum absolute atomic E-state index is 11.9. The van der Waals surface area contributed by atoms with E-state index < -0.39 is 0 Å². The molecule has 0 amide bonds. The second-order valence-electron chi connectivity index (χ2n) is 4.18. The summed E-state index contributed by atoms with van der Waals surface area (Å²) in [5, 5.41) is 3.12. The van der Waals surface area contributed by atoms with Crippen LogP contribution >= 0.6 is 0 Å². The molecule has 0 spiro atoms. The highest BCUT2D eigenvalue weighted by atomic mass is 16.1. The van der Waals surface area contributed by atoms with Crippen molar-refractivity contribution in [1.82, 2.24) is 15.3 Å². The molecule has 0 fully saturated rings. The predicted octanol–water partition coefficient (Wildman–Crippen LogP) is 1.85. The van der Waals surface area contributed by atoms with Crippen molar-refractivity contribution in [2.24, 2.45) is 0 Å². The molecular formula is C14H17N3O. The third-order valence-electron chi connectivity index (χ3n) is 2.84. The van der Waals surface area contributed by atoms with Gasteiger partial charge in [0.1, 0.15) is 5.82 Å². The molecule has 0 saturated heterocycles. The molecule has 94 valence electrons. The first-order chi connectivity index (χ1) is 8.72. The molecule has 4 heteroatoms. The van der Waals surface area contributed by atoms with Gasteiger partial charge in [-0.1, -0.05) is 31.2 Å². The second-order valence-corrected chi connectivity index (χ2v) is 4.18. The molecule has 2 rings (SSSR count). The van der Waals surface area contributed by atoms with Crippen LogP contribution in [0.25, 0.3) is 11.4 Å². The van der Waals surface area contributed by atoms with E-state index in [-0.39, 0.29) is 5.56 Å². The number of nitrogens with zero attached hydrogens (tertiary/aromatic N) is 1. The lowest BCUT2D eigenvalue weighted by atomic mass is 10.1. The number of benzene rings is 1. The van der Waals surface area contributed by atoms with E-state index in [0.717, 1.165) is 17.7 Å². The summed E-state index contributed by atoms with van der Waals surface area (Å²) in [7, 11) is 0. The fourth-order valence-electron chi connectivity index (χ4n) is 1.78. The van der Waals surface area contributed by atoms with Crippen molar-refractivity contribution in [3.63, 3.8) is 0 Å². The summed E-state index contributed by atoms with van der Waals surface area (Å²) in [6.45, 7) is 5.39. The Kier molecular flexibility index (Phi) is 3.89. The van der Waals surface area contributed by atoms with Crippen LogP contribution in [0.3, 0.4) is 0 Å². The van der Waals surface area contributed by atoms with Crippen LogP contribution < -0.4 is 10.9 Å². The van der Waals surface area contributed by atoms with Crippen LogP contribution in [0.1, 0.15) is 18.1 Å². The van der Waals surface area contributed by atoms with Gasteiger partial charge >= 0.3 is 0 Å². The van der Waals surface area contributed by atoms with Gasteiger partial charge in [0.25, 0.3) is 5.56 Å². The number of nitrogens with one attached hydrogen (secondary N) is 2. The lowest BCUT2D eigenvalue weighted by molar-refractivity contribution is 0.716. The van der Waals surface area contributed by atoms with E-state index in [1.165, 1.54) is 0 Å². The average Bonchev–Trinajstić information content (AvgIpc) is 2.38. The van der Waals surface area contributed by atoms with Crippen molar-refractivity contribution < 1.29 is 0 Å². The molecule has 18 heavy (non-hydrogen) atoms. The lowest BCUT2D eigenvalue weighted by Crippen LogP contribution is -2.21. The molecule has 0 atom stereocenters. The maximum atomic E-state index is 11.9. The van der Waals surface area contributed by atoms with E-state index in [4.69, 9.17) is 0 Å². The minimum absolute atomic E-state index is 0.0794. The van der Waals surface area contributed by atoms with E-state index in [2.05, 4.69) is 15.3 Å². The van der Waals surface area contributed by atoms with E-state index in [0.29, 0.717) is 17.9 Å². The normalized spacial score (nSPS) is 10.6. The molecule has 1 aromatic carbocycles. The number of aryl methyl sites for hydroxylation is 1. The molecule has 1 heterocycles. The minimum atomic E-state index is -0.0794. The van der Waals surface area contributed by atoms with Crippen LogP contribution in [0.15, 0.2) is 35.3 Å². The summed E-state index contributed by atoms with van der Waals surface area (Å²) < 4.78 is 0. The average molecular weight is 243 g/mol. The van der Waals surface area contributed by atoms with Crippen LogP contribution in [0, 0.1) is 6.92 Å². The highest BCUT2D eigenvalue weighted by molar-refractivity contribution is 5.59. The first-order valence-corrected chi connectivity index (χ1v) is 6.07. The second kappa shape index (κ2) is 5.60. The highest BCUT2D eigenvalue weighted by Crippen LogP contribution is 2.17. The van der Waals surface area contributed by atoms with Gasteiger partial charge < -0.3 is 10.3 Å². The monoisotopic (exact) mass is 243 g/mol. The molecule has 2 aromatic rings. The number of aromatic amines is 1. The number of H-pyrrole nitrogens is 1. The summed E-state index contributed by atoms with van der Waals surface area (Å²) >= 11 is 0. The Morgan fingerprint density at radius 2 is 2.11 bits per heavy atom. The maximum Gasteiger partial charge on any atom is 0.255 e. The third-order valence-corrected chi connectivity index (χ3v) is 2.84. The van der Waals surface area contributed by atoms with Gasteiger partial charge in [-0.15, -0.1) is 0 Å². The van der Waals surface area contributed by atoms with Crippen molar-refractivity contribution in [2.45, 2.75) is 20.4 Å². The minimum Gasteiger partial charge on any atom is -0.313 e. The van der Waals surface area contributed by atoms with E-state index >= 15 is 0 Å². The molecule has 0 aliphatic carbocycles. The fourth-order valence-corrected chi connectivity index (χ4v) is 1.78. The number of hydrogen-bond acceptors (Lipinski definition) is 3. The standard InChI is InChI=1S/C14H17N3O/c1-3-15-8-11-9-16-13(17-14(11)18)12-7-5-4-6-10(12)2/h4-7,9,15H,3,8H2,1-2H3,(H,16,17,18). The van der Waals surface area contributed by atoms with E-state index in [9.17, 15) is 4.79 Å². The van der Waals surface area contributed by atoms with Gasteiger partial charge in [0, 0.05) is 23.9 Å². The van der Waals surface area contributed by atoms with Crippen LogP contribution in [0.2, 0.25) is 0 Å². The molecule has 0 radical (unpaired) electrons. The molecule has 0 saturated carbocycles. The van der Waals surface area contributed by atoms with Crippen LogP contribution in [-0.4, -0.2) is 16.5 Å². The van der Waals surface area contributed by atoms with Crippen LogP contribution in [-0.2, 0) is 6.54 Å². The molecule has 0 aliphatic heterocycles. The highest BCUT2D eigenvalue weighted by Gasteiger charge is 2.06. The summed E-state index contributed by atoms with van der Waals surface area (Å²) in [6, 6.07) is 7.87. The SMILES string of the molecule is CCNCc1cnc(-c2ccccc2C)[nH]c1=O. The first kappa shape index (κ1) is 12.5. The number of hydrogen-bond donors (Lipinski definition) is 2. The molecule has 0 bridgehead atoms. The zero-order chi connectivity index (χ0) is 13.0. The Balaban J connectivity index is 2.35. The zero-order valence-corrected chi connectivity index (χ0v) is 10.7. The molecule has 2 N–H and O–H groups in total. The van der Waals surface area contributed by atoms with E-state index in [1.54, 1.807) is 6.20 Å². The zero-order valence-electron chi connectivity index (χ0n) is 10.7. The summed E-state index contributed by atoms with van der Waals surface area (Å²) in [5.74, 6) is 0.623. The van der Waals surface area contributed by atoms with Crippen molar-refractivity contribution in [2.75, 3.05) is 6.54 Å². The summed E-state index contributed by atoms with van der Waals surface area (Å²) in [5.41, 5.74) is 2.64. The third kappa shape index (κ3) is 2.65. The van der Waals surface area contributed by atoms with Crippen molar-refractivity contribution in [1.29, 1.82) is 0 Å². The largest absolute Gasteiger partial charge is 0.313 e. The van der Waals surface area contributed by atoms with Crippen molar-refractivity contribution in [3.05, 3.63) is 51.9 Å². The van der Waals surface area contributed by atoms with Gasteiger partial charge in [0.15, 0.2) is 0 Å². The van der Waals surface area contributed by atoms with Gasteiger partial charge in [0.2, 0.25) is 0 Å². The first-order valence-electron chi connectivity index (χ1n) is 6.07. The van der Waals surface area contributed by atoms with Gasteiger partial charge in [0.05, 0.1) is 0 Å². The van der Waals surface area contributed by atoms with Crippen LogP contribution in [0.5, 0.6) is 0 Å². The molecule has 1 aromatic heterocycles. The Labute approximate surface area is 106 Å². The van der Waals surface area contributed by atoms with Gasteiger partial charge in [-0.25, -0.2) is 4.98 Å². The number of aromatic nitrogens is 2. The van der Waals surface area contributed by atoms with Gasteiger partial charge in [-0.3, -0.25) is 4.79 Å². The fraction of sp³-hybridized carbons (Fsp3) is 0.286. The van der Waals surface area contributed by atoms with Crippen LogP contribution in [0.4, 0.5) is 0 Å². The molecular weight excluding hydrogens is 226 g/mol. The Hall–Kier alpha value is -1.94. The van der Waals surface area contributed by atoms with Gasteiger partial charge in [-0.05, 0) is 19.0 Å². The lowest BCUT2D eigenvalue weighted by Gasteiger charge is -2.06.